The maximum atomic E-state index is 11.5. The molecule has 0 spiro atoms. The minimum Gasteiger partial charge on any atom is -0.310 e. The largest absolute Gasteiger partial charge is 0.310 e. The van der Waals surface area contributed by atoms with E-state index in [4.69, 9.17) is 5.26 Å². The Morgan fingerprint density at radius 1 is 1.53 bits per heavy atom. The van der Waals surface area contributed by atoms with E-state index in [1.807, 2.05) is 0 Å². The molecule has 17 heavy (non-hydrogen) atoms. The van der Waals surface area contributed by atoms with Gasteiger partial charge in [0.05, 0.1) is 0 Å². The molecule has 2 heterocycles. The van der Waals surface area contributed by atoms with E-state index in [0.29, 0.717) is 17.4 Å². The molecule has 2 aromatic heterocycles. The third-order valence-corrected chi connectivity index (χ3v) is 2.82. The molecule has 0 bridgehead atoms. The molecule has 0 unspecified atom stereocenters. The second-order valence-electron chi connectivity index (χ2n) is 4.14. The highest BCUT2D eigenvalue weighted by Crippen LogP contribution is 2.37. The van der Waals surface area contributed by atoms with Gasteiger partial charge in [-0.2, -0.15) is 5.26 Å². The number of nitrogens with zero attached hydrogens (tertiary/aromatic N) is 3. The SMILES string of the molecule is N#Cc1cccn1-c1cc(=O)[nH]c(C2CC2)n1. The Kier molecular flexibility index (Phi) is 2.08. The first kappa shape index (κ1) is 9.85. The lowest BCUT2D eigenvalue weighted by atomic mass is 10.4. The van der Waals surface area contributed by atoms with E-state index >= 15 is 0 Å². The van der Waals surface area contributed by atoms with E-state index < -0.39 is 0 Å². The molecule has 1 saturated carbocycles. The summed E-state index contributed by atoms with van der Waals surface area (Å²) in [6.07, 6.45) is 3.88. The lowest BCUT2D eigenvalue weighted by molar-refractivity contribution is 0.862. The summed E-state index contributed by atoms with van der Waals surface area (Å²) in [7, 11) is 0. The molecule has 0 amide bonds. The number of aromatic amines is 1. The van der Waals surface area contributed by atoms with Gasteiger partial charge in [-0.15, -0.1) is 0 Å². The first-order chi connectivity index (χ1) is 8.28. The molecule has 5 nitrogen and oxygen atoms in total. The van der Waals surface area contributed by atoms with Crippen LogP contribution in [0.25, 0.3) is 5.82 Å². The van der Waals surface area contributed by atoms with E-state index in [-0.39, 0.29) is 5.56 Å². The van der Waals surface area contributed by atoms with Gasteiger partial charge < -0.3 is 4.98 Å². The standard InChI is InChI=1S/C12H10N4O/c13-7-9-2-1-5-16(9)10-6-11(17)15-12(14-10)8-3-4-8/h1-2,5-6,8H,3-4H2,(H,14,15,17). The van der Waals surface area contributed by atoms with Crippen LogP contribution in [0.15, 0.2) is 29.2 Å². The van der Waals surface area contributed by atoms with Crippen molar-refractivity contribution in [1.82, 2.24) is 14.5 Å². The Labute approximate surface area is 97.4 Å². The number of hydrogen-bond donors (Lipinski definition) is 1. The summed E-state index contributed by atoms with van der Waals surface area (Å²) in [4.78, 5) is 18.7. The van der Waals surface area contributed by atoms with Crippen molar-refractivity contribution in [2.24, 2.45) is 0 Å². The molecule has 3 rings (SSSR count). The summed E-state index contributed by atoms with van der Waals surface area (Å²) >= 11 is 0. The molecule has 0 atom stereocenters. The quantitative estimate of drug-likeness (QED) is 0.838. The van der Waals surface area contributed by atoms with E-state index in [9.17, 15) is 4.79 Å². The van der Waals surface area contributed by atoms with Gasteiger partial charge in [-0.25, -0.2) is 4.98 Å². The lowest BCUT2D eigenvalue weighted by Crippen LogP contribution is -2.13. The molecular weight excluding hydrogens is 216 g/mol. The van der Waals surface area contributed by atoms with Crippen LogP contribution in [0.4, 0.5) is 0 Å². The summed E-state index contributed by atoms with van der Waals surface area (Å²) in [6.45, 7) is 0. The number of hydrogen-bond acceptors (Lipinski definition) is 3. The van der Waals surface area contributed by atoms with Crippen LogP contribution in [0.3, 0.4) is 0 Å². The van der Waals surface area contributed by atoms with Gasteiger partial charge in [0, 0.05) is 18.2 Å². The molecule has 1 aliphatic rings. The van der Waals surface area contributed by atoms with Crippen LogP contribution in [0.2, 0.25) is 0 Å². The van der Waals surface area contributed by atoms with Gasteiger partial charge >= 0.3 is 0 Å². The van der Waals surface area contributed by atoms with E-state index in [0.717, 1.165) is 18.7 Å². The van der Waals surface area contributed by atoms with Crippen LogP contribution in [-0.2, 0) is 0 Å². The zero-order valence-electron chi connectivity index (χ0n) is 9.05. The van der Waals surface area contributed by atoms with Crippen LogP contribution in [-0.4, -0.2) is 14.5 Å². The fourth-order valence-corrected chi connectivity index (χ4v) is 1.81. The Morgan fingerprint density at radius 3 is 3.06 bits per heavy atom. The highest BCUT2D eigenvalue weighted by molar-refractivity contribution is 5.33. The van der Waals surface area contributed by atoms with Crippen molar-refractivity contribution in [2.45, 2.75) is 18.8 Å². The average Bonchev–Trinajstić information content (AvgIpc) is 3.06. The molecule has 84 valence electrons. The summed E-state index contributed by atoms with van der Waals surface area (Å²) in [6, 6.07) is 6.93. The topological polar surface area (TPSA) is 74.5 Å². The Bertz CT molecular complexity index is 658. The number of aromatic nitrogens is 3. The molecule has 0 aromatic carbocycles. The van der Waals surface area contributed by atoms with Crippen LogP contribution in [0, 0.1) is 11.3 Å². The van der Waals surface area contributed by atoms with E-state index in [1.165, 1.54) is 6.07 Å². The molecule has 1 N–H and O–H groups in total. The molecule has 2 aromatic rings. The van der Waals surface area contributed by atoms with Gasteiger partial charge in [0.1, 0.15) is 23.4 Å². The number of H-pyrrole nitrogens is 1. The first-order valence-electron chi connectivity index (χ1n) is 5.47. The molecule has 0 saturated heterocycles. The van der Waals surface area contributed by atoms with Crippen molar-refractivity contribution in [1.29, 1.82) is 5.26 Å². The molecule has 1 fully saturated rings. The zero-order valence-corrected chi connectivity index (χ0v) is 9.05. The summed E-state index contributed by atoms with van der Waals surface area (Å²) in [5, 5.41) is 8.94. The maximum Gasteiger partial charge on any atom is 0.253 e. The normalized spacial score (nSPS) is 14.5. The van der Waals surface area contributed by atoms with Crippen molar-refractivity contribution in [2.75, 3.05) is 0 Å². The van der Waals surface area contributed by atoms with E-state index in [1.54, 1.807) is 22.9 Å². The third kappa shape index (κ3) is 1.74. The Morgan fingerprint density at radius 2 is 2.35 bits per heavy atom. The van der Waals surface area contributed by atoms with Crippen LogP contribution in [0.5, 0.6) is 0 Å². The lowest BCUT2D eigenvalue weighted by Gasteiger charge is -2.05. The minimum absolute atomic E-state index is 0.172. The molecule has 1 aliphatic carbocycles. The van der Waals surface area contributed by atoms with Crippen molar-refractivity contribution < 1.29 is 0 Å². The van der Waals surface area contributed by atoms with E-state index in [2.05, 4.69) is 16.0 Å². The van der Waals surface area contributed by atoms with Gasteiger partial charge in [0.2, 0.25) is 0 Å². The first-order valence-corrected chi connectivity index (χ1v) is 5.47. The number of nitriles is 1. The molecule has 0 radical (unpaired) electrons. The summed E-state index contributed by atoms with van der Waals surface area (Å²) in [5.41, 5.74) is 0.305. The smallest absolute Gasteiger partial charge is 0.253 e. The fourth-order valence-electron chi connectivity index (χ4n) is 1.81. The van der Waals surface area contributed by atoms with Gasteiger partial charge in [0.25, 0.3) is 5.56 Å². The van der Waals surface area contributed by atoms with Gasteiger partial charge in [-0.3, -0.25) is 9.36 Å². The molecule has 0 aliphatic heterocycles. The summed E-state index contributed by atoms with van der Waals surface area (Å²) < 4.78 is 1.63. The number of rotatable bonds is 2. The third-order valence-electron chi connectivity index (χ3n) is 2.82. The van der Waals surface area contributed by atoms with Crippen LogP contribution < -0.4 is 5.56 Å². The predicted molar refractivity (Wildman–Crippen MR) is 60.9 cm³/mol. The minimum atomic E-state index is -0.172. The Balaban J connectivity index is 2.14. The van der Waals surface area contributed by atoms with Gasteiger partial charge in [-0.05, 0) is 25.0 Å². The summed E-state index contributed by atoms with van der Waals surface area (Å²) in [5.74, 6) is 1.62. The molecular formula is C12H10N4O. The fraction of sp³-hybridized carbons (Fsp3) is 0.250. The number of nitrogens with one attached hydrogen (secondary N) is 1. The van der Waals surface area contributed by atoms with Crippen molar-refractivity contribution in [3.63, 3.8) is 0 Å². The zero-order chi connectivity index (χ0) is 11.8. The van der Waals surface area contributed by atoms with Crippen molar-refractivity contribution in [3.8, 4) is 11.9 Å². The monoisotopic (exact) mass is 226 g/mol. The van der Waals surface area contributed by atoms with Crippen LogP contribution in [0.1, 0.15) is 30.3 Å². The predicted octanol–water partition coefficient (Wildman–Crippen LogP) is 1.31. The molecule has 5 heteroatoms. The van der Waals surface area contributed by atoms with Crippen molar-refractivity contribution >= 4 is 0 Å². The van der Waals surface area contributed by atoms with Gasteiger partial charge in [0.15, 0.2) is 0 Å². The second kappa shape index (κ2) is 3.59. The Hall–Kier alpha value is -2.35. The highest BCUT2D eigenvalue weighted by Gasteiger charge is 2.26. The van der Waals surface area contributed by atoms with Crippen LogP contribution >= 0.6 is 0 Å². The van der Waals surface area contributed by atoms with Gasteiger partial charge in [-0.1, -0.05) is 0 Å². The second-order valence-corrected chi connectivity index (χ2v) is 4.14. The highest BCUT2D eigenvalue weighted by atomic mass is 16.1. The average molecular weight is 226 g/mol. The maximum absolute atomic E-state index is 11.5. The van der Waals surface area contributed by atoms with Crippen molar-refractivity contribution in [3.05, 3.63) is 46.3 Å².